The molecule has 0 saturated carbocycles. The maximum Gasteiger partial charge on any atom is 0.330 e. The van der Waals surface area contributed by atoms with E-state index in [4.69, 9.17) is 14.4 Å². The van der Waals surface area contributed by atoms with E-state index >= 15 is 0 Å². The Morgan fingerprint density at radius 1 is 1.34 bits per heavy atom. The molecule has 150 valence electrons. The summed E-state index contributed by atoms with van der Waals surface area (Å²) in [6.45, 7) is 2.83. The zero-order valence-corrected chi connectivity index (χ0v) is 16.6. The maximum atomic E-state index is 12.7. The van der Waals surface area contributed by atoms with Gasteiger partial charge in [-0.1, -0.05) is 6.07 Å². The van der Waals surface area contributed by atoms with Gasteiger partial charge in [-0.3, -0.25) is 9.59 Å². The average molecular weight is 413 g/mol. The molecule has 3 rings (SSSR count). The summed E-state index contributed by atoms with van der Waals surface area (Å²) in [7, 11) is 0. The van der Waals surface area contributed by atoms with Gasteiger partial charge in [0.1, 0.15) is 17.2 Å². The monoisotopic (exact) mass is 413 g/mol. The zero-order chi connectivity index (χ0) is 21.0. The number of amides is 2. The highest BCUT2D eigenvalue weighted by atomic mass is 32.2. The molecule has 1 fully saturated rings. The lowest BCUT2D eigenvalue weighted by Crippen LogP contribution is -2.44. The number of furan rings is 1. The number of carbonyl (C=O) groups is 3. The minimum Gasteiger partial charge on any atom is -0.466 e. The SMILES string of the molecule is CC(=O)N1[C@@H](c2ccco2)SC[C@H]1C(=O)O[C@@H](C)C(=O)Nc1cccc(C#N)c1. The third-order valence-corrected chi connectivity index (χ3v) is 5.63. The van der Waals surface area contributed by atoms with Gasteiger partial charge in [0.2, 0.25) is 5.91 Å². The molecule has 0 radical (unpaired) electrons. The Bertz CT molecular complexity index is 953. The molecule has 1 aliphatic rings. The molecule has 0 aliphatic carbocycles. The molecule has 8 nitrogen and oxygen atoms in total. The van der Waals surface area contributed by atoms with Gasteiger partial charge >= 0.3 is 5.97 Å². The van der Waals surface area contributed by atoms with Crippen LogP contribution in [0.2, 0.25) is 0 Å². The van der Waals surface area contributed by atoms with E-state index < -0.39 is 29.4 Å². The number of nitriles is 1. The first-order chi connectivity index (χ1) is 13.9. The summed E-state index contributed by atoms with van der Waals surface area (Å²) in [5.74, 6) is -0.568. The zero-order valence-electron chi connectivity index (χ0n) is 15.8. The lowest BCUT2D eigenvalue weighted by molar-refractivity contribution is -0.160. The second-order valence-electron chi connectivity index (χ2n) is 6.40. The number of hydrogen-bond donors (Lipinski definition) is 1. The summed E-state index contributed by atoms with van der Waals surface area (Å²) in [5.41, 5.74) is 0.827. The van der Waals surface area contributed by atoms with Crippen LogP contribution in [0.25, 0.3) is 0 Å². The largest absolute Gasteiger partial charge is 0.466 e. The smallest absolute Gasteiger partial charge is 0.330 e. The standard InChI is InChI=1S/C20H19N3O5S/c1-12(18(25)22-15-6-3-5-14(9-15)10-21)28-20(26)16-11-29-19(23(16)13(2)24)17-7-4-8-27-17/h3-9,12,16,19H,11H2,1-2H3,(H,22,25)/t12-,16-,19+/m0/s1. The Balaban J connectivity index is 1.64. The van der Waals surface area contributed by atoms with Crippen LogP contribution in [0, 0.1) is 11.3 Å². The Morgan fingerprint density at radius 2 is 2.14 bits per heavy atom. The number of benzene rings is 1. The molecule has 1 aliphatic heterocycles. The molecule has 29 heavy (non-hydrogen) atoms. The minimum absolute atomic E-state index is 0.288. The van der Waals surface area contributed by atoms with E-state index in [0.29, 0.717) is 22.8 Å². The predicted molar refractivity (Wildman–Crippen MR) is 106 cm³/mol. The third kappa shape index (κ3) is 4.60. The van der Waals surface area contributed by atoms with Crippen molar-refractivity contribution in [3.63, 3.8) is 0 Å². The normalized spacial score (nSPS) is 19.3. The molecule has 1 N–H and O–H groups in total. The van der Waals surface area contributed by atoms with Gasteiger partial charge in [-0.05, 0) is 37.3 Å². The first-order valence-corrected chi connectivity index (χ1v) is 9.91. The van der Waals surface area contributed by atoms with Crippen LogP contribution in [0.5, 0.6) is 0 Å². The number of nitrogens with one attached hydrogen (secondary N) is 1. The topological polar surface area (TPSA) is 113 Å². The van der Waals surface area contributed by atoms with Crippen LogP contribution in [-0.4, -0.2) is 40.6 Å². The molecule has 0 unspecified atom stereocenters. The predicted octanol–water partition coefficient (Wildman–Crippen LogP) is 2.68. The third-order valence-electron chi connectivity index (χ3n) is 4.34. The van der Waals surface area contributed by atoms with Crippen LogP contribution < -0.4 is 5.32 Å². The van der Waals surface area contributed by atoms with E-state index in [2.05, 4.69) is 5.32 Å². The van der Waals surface area contributed by atoms with Crippen molar-refractivity contribution >= 4 is 35.2 Å². The second-order valence-corrected chi connectivity index (χ2v) is 7.52. The molecular formula is C20H19N3O5S. The van der Waals surface area contributed by atoms with Crippen LogP contribution in [0.15, 0.2) is 47.1 Å². The summed E-state index contributed by atoms with van der Waals surface area (Å²) in [4.78, 5) is 38.6. The summed E-state index contributed by atoms with van der Waals surface area (Å²) < 4.78 is 10.7. The fourth-order valence-electron chi connectivity index (χ4n) is 2.94. The Labute approximate surface area is 171 Å². The minimum atomic E-state index is -1.07. The number of carbonyl (C=O) groups excluding carboxylic acids is 3. The van der Waals surface area contributed by atoms with Crippen molar-refractivity contribution in [2.24, 2.45) is 0 Å². The summed E-state index contributed by atoms with van der Waals surface area (Å²) in [6.07, 6.45) is 0.433. The molecule has 9 heteroatoms. The molecular weight excluding hydrogens is 394 g/mol. The maximum absolute atomic E-state index is 12.7. The van der Waals surface area contributed by atoms with E-state index in [1.807, 2.05) is 6.07 Å². The molecule has 1 saturated heterocycles. The average Bonchev–Trinajstić information content (AvgIpc) is 3.37. The van der Waals surface area contributed by atoms with Crippen molar-refractivity contribution in [1.29, 1.82) is 5.26 Å². The number of nitrogens with zero attached hydrogens (tertiary/aromatic N) is 2. The van der Waals surface area contributed by atoms with Gasteiger partial charge in [-0.15, -0.1) is 11.8 Å². The van der Waals surface area contributed by atoms with Crippen LogP contribution in [0.1, 0.15) is 30.5 Å². The fourth-order valence-corrected chi connectivity index (χ4v) is 4.36. The highest BCUT2D eigenvalue weighted by Crippen LogP contribution is 2.41. The number of hydrogen-bond acceptors (Lipinski definition) is 7. The molecule has 1 aromatic heterocycles. The van der Waals surface area contributed by atoms with Crippen molar-refractivity contribution in [3.05, 3.63) is 54.0 Å². The second kappa shape index (κ2) is 8.84. The lowest BCUT2D eigenvalue weighted by Gasteiger charge is -2.26. The van der Waals surface area contributed by atoms with Gasteiger partial charge in [-0.25, -0.2) is 4.79 Å². The van der Waals surface area contributed by atoms with Crippen molar-refractivity contribution in [2.45, 2.75) is 31.4 Å². The number of ether oxygens (including phenoxy) is 1. The number of thioether (sulfide) groups is 1. The van der Waals surface area contributed by atoms with E-state index in [-0.39, 0.29) is 5.91 Å². The molecule has 2 heterocycles. The number of anilines is 1. The molecule has 1 aromatic carbocycles. The fraction of sp³-hybridized carbons (Fsp3) is 0.300. The Morgan fingerprint density at radius 3 is 2.79 bits per heavy atom. The quantitative estimate of drug-likeness (QED) is 0.750. The van der Waals surface area contributed by atoms with Crippen molar-refractivity contribution in [2.75, 3.05) is 11.1 Å². The van der Waals surface area contributed by atoms with E-state index in [9.17, 15) is 14.4 Å². The first-order valence-electron chi connectivity index (χ1n) is 8.86. The van der Waals surface area contributed by atoms with Crippen LogP contribution in [0.3, 0.4) is 0 Å². The van der Waals surface area contributed by atoms with Gasteiger partial charge in [0.25, 0.3) is 5.91 Å². The van der Waals surface area contributed by atoms with Gasteiger partial charge in [-0.2, -0.15) is 5.26 Å². The summed E-state index contributed by atoms with van der Waals surface area (Å²) in [6, 6.07) is 11.0. The Kier molecular flexibility index (Phi) is 6.24. The van der Waals surface area contributed by atoms with Gasteiger partial charge in [0.15, 0.2) is 6.10 Å². The van der Waals surface area contributed by atoms with Crippen LogP contribution in [-0.2, 0) is 19.1 Å². The highest BCUT2D eigenvalue weighted by molar-refractivity contribution is 7.99. The van der Waals surface area contributed by atoms with E-state index in [0.717, 1.165) is 0 Å². The highest BCUT2D eigenvalue weighted by Gasteiger charge is 2.43. The van der Waals surface area contributed by atoms with Gasteiger partial charge < -0.3 is 19.4 Å². The van der Waals surface area contributed by atoms with Crippen molar-refractivity contribution < 1.29 is 23.5 Å². The van der Waals surface area contributed by atoms with E-state index in [1.165, 1.54) is 42.8 Å². The Hall–Kier alpha value is -3.25. The molecule has 3 atom stereocenters. The van der Waals surface area contributed by atoms with Crippen molar-refractivity contribution in [1.82, 2.24) is 4.90 Å². The van der Waals surface area contributed by atoms with Crippen LogP contribution >= 0.6 is 11.8 Å². The van der Waals surface area contributed by atoms with Gasteiger partial charge in [0, 0.05) is 18.4 Å². The number of esters is 1. The molecule has 2 aromatic rings. The van der Waals surface area contributed by atoms with Crippen molar-refractivity contribution in [3.8, 4) is 6.07 Å². The van der Waals surface area contributed by atoms with Gasteiger partial charge in [0.05, 0.1) is 17.9 Å². The molecule has 2 amide bonds. The van der Waals surface area contributed by atoms with Crippen LogP contribution in [0.4, 0.5) is 5.69 Å². The molecule has 0 spiro atoms. The lowest BCUT2D eigenvalue weighted by atomic mass is 10.2. The molecule has 0 bridgehead atoms. The number of rotatable bonds is 5. The summed E-state index contributed by atoms with van der Waals surface area (Å²) in [5, 5.41) is 11.1. The first kappa shape index (κ1) is 20.5. The summed E-state index contributed by atoms with van der Waals surface area (Å²) >= 11 is 1.39. The van der Waals surface area contributed by atoms with E-state index in [1.54, 1.807) is 30.3 Å².